The third-order valence-electron chi connectivity index (χ3n) is 5.52. The normalized spacial score (nSPS) is 14.5. The molecule has 1 aliphatic rings. The summed E-state index contributed by atoms with van der Waals surface area (Å²) >= 11 is 12.3. The second-order valence-corrected chi connectivity index (χ2v) is 8.88. The van der Waals surface area contributed by atoms with E-state index in [1.54, 1.807) is 48.5 Å². The molecule has 0 aliphatic carbocycles. The van der Waals surface area contributed by atoms with Crippen LogP contribution in [-0.2, 0) is 22.6 Å². The van der Waals surface area contributed by atoms with Crippen molar-refractivity contribution in [2.45, 2.75) is 13.0 Å². The molecule has 0 aromatic heterocycles. The first-order valence-corrected chi connectivity index (χ1v) is 11.9. The molecule has 3 aromatic carbocycles. The van der Waals surface area contributed by atoms with E-state index in [4.69, 9.17) is 32.7 Å². The molecule has 1 N–H and O–H groups in total. The lowest BCUT2D eigenvalue weighted by Crippen LogP contribution is -2.54. The second-order valence-electron chi connectivity index (χ2n) is 8.03. The molecule has 1 fully saturated rings. The number of methoxy groups -OCH3 is 1. The molecule has 9 heteroatoms. The zero-order chi connectivity index (χ0) is 26.5. The first-order valence-electron chi connectivity index (χ1n) is 11.2. The molecule has 0 spiro atoms. The highest BCUT2D eigenvalue weighted by atomic mass is 35.5. The van der Waals surface area contributed by atoms with Crippen molar-refractivity contribution in [1.29, 1.82) is 0 Å². The van der Waals surface area contributed by atoms with Gasteiger partial charge in [0, 0.05) is 10.6 Å². The van der Waals surface area contributed by atoms with Crippen LogP contribution >= 0.6 is 23.2 Å². The number of nitrogens with one attached hydrogen (secondary N) is 1. The number of para-hydroxylation sites is 1. The van der Waals surface area contributed by atoms with Crippen molar-refractivity contribution in [3.8, 4) is 11.5 Å². The zero-order valence-corrected chi connectivity index (χ0v) is 21.3. The highest BCUT2D eigenvalue weighted by Gasteiger charge is 2.37. The number of carbonyl (C=O) groups is 3. The Labute approximate surface area is 223 Å². The Morgan fingerprint density at radius 2 is 1.81 bits per heavy atom. The fraction of sp³-hybridized carbons (Fsp3) is 0.107. The summed E-state index contributed by atoms with van der Waals surface area (Å²) in [7, 11) is 1.49. The van der Waals surface area contributed by atoms with Crippen LogP contribution in [0.5, 0.6) is 11.5 Å². The summed E-state index contributed by atoms with van der Waals surface area (Å²) < 4.78 is 11.6. The average molecular weight is 537 g/mol. The molecule has 1 heterocycles. The molecule has 4 rings (SSSR count). The highest BCUT2D eigenvalue weighted by molar-refractivity contribution is 6.42. The van der Waals surface area contributed by atoms with Crippen LogP contribution in [0.25, 0.3) is 6.08 Å². The van der Waals surface area contributed by atoms with Crippen molar-refractivity contribution in [3.05, 3.63) is 106 Å². The Balaban J connectivity index is 1.71. The Hall–Kier alpha value is -4.07. The van der Waals surface area contributed by atoms with Gasteiger partial charge in [-0.15, -0.1) is 6.58 Å². The van der Waals surface area contributed by atoms with Gasteiger partial charge in [0.05, 0.1) is 17.8 Å². The van der Waals surface area contributed by atoms with Gasteiger partial charge in [-0.3, -0.25) is 14.9 Å². The number of carbonyl (C=O) groups excluding carboxylic acids is 3. The monoisotopic (exact) mass is 536 g/mol. The van der Waals surface area contributed by atoms with E-state index in [2.05, 4.69) is 11.9 Å². The quantitative estimate of drug-likeness (QED) is 0.217. The van der Waals surface area contributed by atoms with Crippen molar-refractivity contribution in [1.82, 2.24) is 5.32 Å². The predicted octanol–water partition coefficient (Wildman–Crippen LogP) is 5.98. The largest absolute Gasteiger partial charge is 0.493 e. The van der Waals surface area contributed by atoms with Crippen LogP contribution in [0.3, 0.4) is 0 Å². The van der Waals surface area contributed by atoms with Gasteiger partial charge >= 0.3 is 6.03 Å². The summed E-state index contributed by atoms with van der Waals surface area (Å²) in [5, 5.41) is 2.98. The number of anilines is 1. The number of imide groups is 2. The van der Waals surface area contributed by atoms with Gasteiger partial charge in [0.2, 0.25) is 0 Å². The third kappa shape index (κ3) is 5.69. The second kappa shape index (κ2) is 11.3. The van der Waals surface area contributed by atoms with E-state index in [9.17, 15) is 14.4 Å². The molecule has 1 saturated heterocycles. The molecule has 0 unspecified atom stereocenters. The van der Waals surface area contributed by atoms with Gasteiger partial charge in [-0.2, -0.15) is 0 Å². The van der Waals surface area contributed by atoms with E-state index in [0.717, 1.165) is 16.0 Å². The van der Waals surface area contributed by atoms with E-state index < -0.39 is 17.8 Å². The van der Waals surface area contributed by atoms with Crippen LogP contribution in [0, 0.1) is 0 Å². The summed E-state index contributed by atoms with van der Waals surface area (Å²) in [4.78, 5) is 39.2. The number of rotatable bonds is 8. The SMILES string of the molecule is C=CCc1cc(/C=C2\C(=O)NC(=O)N(c3ccccc3Cl)C2=O)cc(OC)c1OCc1cccc(Cl)c1. The minimum absolute atomic E-state index is 0.166. The van der Waals surface area contributed by atoms with E-state index >= 15 is 0 Å². The van der Waals surface area contributed by atoms with Gasteiger partial charge in [-0.25, -0.2) is 9.69 Å². The van der Waals surface area contributed by atoms with Gasteiger partial charge in [0.15, 0.2) is 11.5 Å². The molecular formula is C28H22Cl2N2O5. The van der Waals surface area contributed by atoms with Crippen LogP contribution in [0.1, 0.15) is 16.7 Å². The van der Waals surface area contributed by atoms with Crippen molar-refractivity contribution >= 4 is 52.8 Å². The van der Waals surface area contributed by atoms with Crippen LogP contribution in [0.15, 0.2) is 78.9 Å². The molecule has 37 heavy (non-hydrogen) atoms. The van der Waals surface area contributed by atoms with Crippen molar-refractivity contribution in [2.24, 2.45) is 0 Å². The molecule has 188 valence electrons. The number of hydrogen-bond acceptors (Lipinski definition) is 5. The number of urea groups is 1. The molecule has 4 amide bonds. The summed E-state index contributed by atoms with van der Waals surface area (Å²) in [6, 6.07) is 16.2. The molecule has 7 nitrogen and oxygen atoms in total. The van der Waals surface area contributed by atoms with Gasteiger partial charge < -0.3 is 9.47 Å². The number of hydrogen-bond donors (Lipinski definition) is 1. The molecule has 0 bridgehead atoms. The molecule has 0 atom stereocenters. The molecule has 0 saturated carbocycles. The number of nitrogens with zero attached hydrogens (tertiary/aromatic N) is 1. The van der Waals surface area contributed by atoms with Gasteiger partial charge in [-0.1, -0.05) is 53.5 Å². The first kappa shape index (κ1) is 26.0. The van der Waals surface area contributed by atoms with Gasteiger partial charge in [0.1, 0.15) is 12.2 Å². The summed E-state index contributed by atoms with van der Waals surface area (Å²) in [5.41, 5.74) is 2.03. The van der Waals surface area contributed by atoms with E-state index in [1.165, 1.54) is 19.3 Å². The number of amides is 4. The van der Waals surface area contributed by atoms with E-state index in [-0.39, 0.29) is 22.9 Å². The lowest BCUT2D eigenvalue weighted by Gasteiger charge is -2.27. The van der Waals surface area contributed by atoms with Gasteiger partial charge in [0.25, 0.3) is 11.8 Å². The average Bonchev–Trinajstić information content (AvgIpc) is 2.87. The van der Waals surface area contributed by atoms with E-state index in [1.807, 2.05) is 12.1 Å². The molecule has 1 aliphatic heterocycles. The molecular weight excluding hydrogens is 515 g/mol. The smallest absolute Gasteiger partial charge is 0.335 e. The standard InChI is InChI=1S/C28H22Cl2N2O5/c1-3-7-19-12-18(15-24(36-2)25(19)37-16-17-8-6-9-20(29)13-17)14-21-26(33)31-28(35)32(27(21)34)23-11-5-4-10-22(23)30/h3-6,8-15H,1,7,16H2,2H3,(H,31,33,35)/b21-14+. The van der Waals surface area contributed by atoms with E-state index in [0.29, 0.717) is 28.5 Å². The minimum atomic E-state index is -0.880. The molecule has 0 radical (unpaired) electrons. The number of allylic oxidation sites excluding steroid dienone is 1. The summed E-state index contributed by atoms with van der Waals surface area (Å²) in [6.45, 7) is 4.06. The lowest BCUT2D eigenvalue weighted by molar-refractivity contribution is -0.122. The van der Waals surface area contributed by atoms with Crippen molar-refractivity contribution in [2.75, 3.05) is 12.0 Å². The Morgan fingerprint density at radius 3 is 2.51 bits per heavy atom. The van der Waals surface area contributed by atoms with Crippen molar-refractivity contribution in [3.63, 3.8) is 0 Å². The Morgan fingerprint density at radius 1 is 1.03 bits per heavy atom. The maximum Gasteiger partial charge on any atom is 0.335 e. The Kier molecular flexibility index (Phi) is 7.96. The zero-order valence-electron chi connectivity index (χ0n) is 19.8. The number of barbiturate groups is 1. The summed E-state index contributed by atoms with van der Waals surface area (Å²) in [6.07, 6.45) is 3.53. The van der Waals surface area contributed by atoms with Crippen LogP contribution in [0.4, 0.5) is 10.5 Å². The third-order valence-corrected chi connectivity index (χ3v) is 6.07. The summed E-state index contributed by atoms with van der Waals surface area (Å²) in [5.74, 6) is -0.719. The maximum atomic E-state index is 13.3. The highest BCUT2D eigenvalue weighted by Crippen LogP contribution is 2.36. The van der Waals surface area contributed by atoms with Crippen LogP contribution in [0.2, 0.25) is 10.0 Å². The minimum Gasteiger partial charge on any atom is -0.493 e. The fourth-order valence-corrected chi connectivity index (χ4v) is 4.28. The first-order chi connectivity index (χ1) is 17.8. The number of ether oxygens (including phenoxy) is 2. The lowest BCUT2D eigenvalue weighted by atomic mass is 10.0. The van der Waals surface area contributed by atoms with Crippen molar-refractivity contribution < 1.29 is 23.9 Å². The van der Waals surface area contributed by atoms with Crippen LogP contribution in [-0.4, -0.2) is 25.0 Å². The fourth-order valence-electron chi connectivity index (χ4n) is 3.85. The number of halogens is 2. The number of benzene rings is 3. The topological polar surface area (TPSA) is 84.9 Å². The Bertz CT molecular complexity index is 1430. The van der Waals surface area contributed by atoms with Gasteiger partial charge in [-0.05, 0) is 60.0 Å². The van der Waals surface area contributed by atoms with Crippen LogP contribution < -0.4 is 19.7 Å². The maximum absolute atomic E-state index is 13.3. The molecule has 3 aromatic rings. The predicted molar refractivity (Wildman–Crippen MR) is 143 cm³/mol.